The molecule has 1 aromatic heterocycles. The molecule has 3 rings (SSSR count). The van der Waals surface area contributed by atoms with Crippen molar-refractivity contribution in [1.82, 2.24) is 14.9 Å². The normalized spacial score (nSPS) is 17.6. The van der Waals surface area contributed by atoms with Gasteiger partial charge in [-0.1, -0.05) is 39.8 Å². The number of ether oxygens (including phenoxy) is 1. The van der Waals surface area contributed by atoms with Crippen LogP contribution < -0.4 is 4.74 Å². The van der Waals surface area contributed by atoms with Crippen LogP contribution in [0, 0.1) is 0 Å². The number of fused-ring (bicyclic) bond motifs is 1. The van der Waals surface area contributed by atoms with Crippen molar-refractivity contribution in [1.29, 1.82) is 0 Å². The van der Waals surface area contributed by atoms with E-state index in [-0.39, 0.29) is 10.8 Å². The zero-order valence-corrected chi connectivity index (χ0v) is 18.9. The molecule has 0 spiro atoms. The summed E-state index contributed by atoms with van der Waals surface area (Å²) in [5, 5.41) is 0. The number of likely N-dealkylation sites (N-methyl/N-ethyl adjacent to an activating group) is 1. The van der Waals surface area contributed by atoms with E-state index in [2.05, 4.69) is 44.8 Å². The highest BCUT2D eigenvalue weighted by Crippen LogP contribution is 2.43. The number of benzene rings is 1. The van der Waals surface area contributed by atoms with E-state index in [1.54, 1.807) is 0 Å². The fraction of sp³-hybridized carbons (Fsp3) is 0.542. The Balaban J connectivity index is 1.69. The molecule has 0 unspecified atom stereocenters. The van der Waals surface area contributed by atoms with Crippen molar-refractivity contribution in [3.05, 3.63) is 53.1 Å². The summed E-state index contributed by atoms with van der Waals surface area (Å²) in [6.45, 7) is 9.48. The molecule has 1 aromatic carbocycles. The van der Waals surface area contributed by atoms with E-state index < -0.39 is 0 Å². The van der Waals surface area contributed by atoms with Crippen LogP contribution >= 0.6 is 0 Å². The number of aliphatic imine (C=N–C) groups is 1. The standard InChI is InChI=1S/C24H34N4O/c1-23(2)12-13-24(3,4)22-21(23)26-15-18(27-22)16-29-19-10-8-17(9-11-19)14-20(25-5)28(6)7/h8-11,15H,12-14,16H2,1-7H3. The molecule has 0 radical (unpaired) electrons. The van der Waals surface area contributed by atoms with E-state index in [1.165, 1.54) is 5.56 Å². The molecule has 1 aliphatic carbocycles. The van der Waals surface area contributed by atoms with Gasteiger partial charge in [-0.25, -0.2) is 0 Å². The third kappa shape index (κ3) is 4.77. The SMILES string of the molecule is CN=C(Cc1ccc(OCc2cnc3c(n2)C(C)(C)CCC3(C)C)cc1)N(C)C. The van der Waals surface area contributed by atoms with Crippen molar-refractivity contribution >= 4 is 5.84 Å². The lowest BCUT2D eigenvalue weighted by atomic mass is 9.67. The van der Waals surface area contributed by atoms with Gasteiger partial charge in [0.05, 0.1) is 23.3 Å². The Morgan fingerprint density at radius 3 is 2.24 bits per heavy atom. The van der Waals surface area contributed by atoms with Crippen LogP contribution in [0.2, 0.25) is 0 Å². The van der Waals surface area contributed by atoms with Crippen LogP contribution in [0.4, 0.5) is 0 Å². The third-order valence-corrected chi connectivity index (χ3v) is 5.93. The Morgan fingerprint density at radius 1 is 1.03 bits per heavy atom. The van der Waals surface area contributed by atoms with Gasteiger partial charge in [-0.3, -0.25) is 15.0 Å². The summed E-state index contributed by atoms with van der Waals surface area (Å²) >= 11 is 0. The van der Waals surface area contributed by atoms with Crippen LogP contribution in [0.5, 0.6) is 5.75 Å². The van der Waals surface area contributed by atoms with Gasteiger partial charge < -0.3 is 9.64 Å². The van der Waals surface area contributed by atoms with Gasteiger partial charge in [0.2, 0.25) is 0 Å². The Labute approximate surface area is 175 Å². The average molecular weight is 395 g/mol. The Morgan fingerprint density at radius 2 is 1.66 bits per heavy atom. The Bertz CT molecular complexity index is 882. The summed E-state index contributed by atoms with van der Waals surface area (Å²) < 4.78 is 5.99. The smallest absolute Gasteiger partial charge is 0.132 e. The zero-order valence-electron chi connectivity index (χ0n) is 18.9. The van der Waals surface area contributed by atoms with E-state index in [0.717, 1.165) is 47.9 Å². The summed E-state index contributed by atoms with van der Waals surface area (Å²) in [6, 6.07) is 8.21. The van der Waals surface area contributed by atoms with Gasteiger partial charge in [-0.2, -0.15) is 0 Å². The maximum Gasteiger partial charge on any atom is 0.132 e. The van der Waals surface area contributed by atoms with E-state index in [1.807, 2.05) is 44.4 Å². The molecule has 1 heterocycles. The summed E-state index contributed by atoms with van der Waals surface area (Å²) in [6.07, 6.45) is 4.95. The molecule has 0 aliphatic heterocycles. The second-order valence-corrected chi connectivity index (χ2v) is 9.47. The summed E-state index contributed by atoms with van der Waals surface area (Å²) in [5.41, 5.74) is 4.49. The minimum Gasteiger partial charge on any atom is -0.487 e. The van der Waals surface area contributed by atoms with E-state index >= 15 is 0 Å². The highest BCUT2D eigenvalue weighted by Gasteiger charge is 2.39. The molecule has 0 saturated heterocycles. The molecule has 0 N–H and O–H groups in total. The molecule has 1 aliphatic rings. The molecule has 5 nitrogen and oxygen atoms in total. The molecule has 2 aromatic rings. The molecule has 0 amide bonds. The fourth-order valence-corrected chi connectivity index (χ4v) is 3.80. The molecule has 29 heavy (non-hydrogen) atoms. The first-order valence-electron chi connectivity index (χ1n) is 10.3. The first-order chi connectivity index (χ1) is 13.6. The highest BCUT2D eigenvalue weighted by molar-refractivity contribution is 5.83. The van der Waals surface area contributed by atoms with E-state index in [4.69, 9.17) is 14.7 Å². The molecule has 0 atom stereocenters. The maximum absolute atomic E-state index is 5.99. The topological polar surface area (TPSA) is 50.6 Å². The second-order valence-electron chi connectivity index (χ2n) is 9.47. The van der Waals surface area contributed by atoms with Gasteiger partial charge in [-0.05, 0) is 30.5 Å². The third-order valence-electron chi connectivity index (χ3n) is 5.93. The predicted octanol–water partition coefficient (Wildman–Crippen LogP) is 4.54. The summed E-state index contributed by atoms with van der Waals surface area (Å²) in [5.74, 6) is 1.89. The van der Waals surface area contributed by atoms with Crippen LogP contribution in [0.3, 0.4) is 0 Å². The van der Waals surface area contributed by atoms with Crippen molar-refractivity contribution in [3.8, 4) is 5.75 Å². The average Bonchev–Trinajstić information content (AvgIpc) is 2.68. The largest absolute Gasteiger partial charge is 0.487 e. The number of hydrogen-bond acceptors (Lipinski definition) is 4. The number of aromatic nitrogens is 2. The molecule has 0 saturated carbocycles. The van der Waals surface area contributed by atoms with Gasteiger partial charge in [0.15, 0.2) is 0 Å². The monoisotopic (exact) mass is 394 g/mol. The van der Waals surface area contributed by atoms with Crippen LogP contribution in [-0.4, -0.2) is 41.8 Å². The first kappa shape index (κ1) is 21.3. The summed E-state index contributed by atoms with van der Waals surface area (Å²) in [7, 11) is 5.86. The van der Waals surface area contributed by atoms with Crippen LogP contribution in [0.15, 0.2) is 35.5 Å². The lowest BCUT2D eigenvalue weighted by Crippen LogP contribution is -2.36. The fourth-order valence-electron chi connectivity index (χ4n) is 3.80. The van der Waals surface area contributed by atoms with Crippen molar-refractivity contribution < 1.29 is 4.74 Å². The molecule has 5 heteroatoms. The number of hydrogen-bond donors (Lipinski definition) is 0. The Hall–Kier alpha value is -2.43. The van der Waals surface area contributed by atoms with Crippen LogP contribution in [-0.2, 0) is 23.9 Å². The van der Waals surface area contributed by atoms with E-state index in [0.29, 0.717) is 6.61 Å². The molecular formula is C24H34N4O. The summed E-state index contributed by atoms with van der Waals surface area (Å²) in [4.78, 5) is 16.1. The molecule has 156 valence electrons. The first-order valence-corrected chi connectivity index (χ1v) is 10.3. The van der Waals surface area contributed by atoms with Gasteiger partial charge in [0.1, 0.15) is 18.2 Å². The molecule has 0 fully saturated rings. The van der Waals surface area contributed by atoms with E-state index in [9.17, 15) is 0 Å². The van der Waals surface area contributed by atoms with Gasteiger partial charge >= 0.3 is 0 Å². The minimum absolute atomic E-state index is 0.0560. The van der Waals surface area contributed by atoms with Gasteiger partial charge in [0.25, 0.3) is 0 Å². The van der Waals surface area contributed by atoms with Crippen LogP contribution in [0.1, 0.15) is 63.2 Å². The van der Waals surface area contributed by atoms with Crippen LogP contribution in [0.25, 0.3) is 0 Å². The zero-order chi connectivity index (χ0) is 21.2. The Kier molecular flexibility index (Phi) is 5.97. The van der Waals surface area contributed by atoms with Crippen molar-refractivity contribution in [2.24, 2.45) is 4.99 Å². The minimum atomic E-state index is 0.0560. The second kappa shape index (κ2) is 8.13. The lowest BCUT2D eigenvalue weighted by Gasteiger charge is -2.39. The van der Waals surface area contributed by atoms with Gasteiger partial charge in [-0.15, -0.1) is 0 Å². The predicted molar refractivity (Wildman–Crippen MR) is 119 cm³/mol. The van der Waals surface area contributed by atoms with Crippen molar-refractivity contribution in [2.75, 3.05) is 21.1 Å². The number of amidine groups is 1. The molecule has 0 bridgehead atoms. The maximum atomic E-state index is 5.99. The number of rotatable bonds is 5. The number of nitrogens with zero attached hydrogens (tertiary/aromatic N) is 4. The molecular weight excluding hydrogens is 360 g/mol. The highest BCUT2D eigenvalue weighted by atomic mass is 16.5. The lowest BCUT2D eigenvalue weighted by molar-refractivity contribution is 0.288. The quantitative estimate of drug-likeness (QED) is 0.552. The van der Waals surface area contributed by atoms with Gasteiger partial charge in [0, 0.05) is 38.4 Å². The van der Waals surface area contributed by atoms with Crippen molar-refractivity contribution in [2.45, 2.75) is 64.4 Å². The van der Waals surface area contributed by atoms with Crippen molar-refractivity contribution in [3.63, 3.8) is 0 Å².